The molecule has 0 atom stereocenters. The number of nitrogens with one attached hydrogen (secondary N) is 1. The molecule has 130 valence electrons. The second-order valence-electron chi connectivity index (χ2n) is 6.83. The van der Waals surface area contributed by atoms with Crippen molar-refractivity contribution in [1.82, 2.24) is 4.98 Å². The monoisotopic (exact) mass is 372 g/mol. The standard InChI is InChI=1S/C19H20N2O2S2/c1-19(2,3)12-6-7-15(22)14(9-12)21-17(23)10-13-11-25-18(20-13)16-5-4-8-24-16/h4-9,11,22H,10H2,1-3H3,(H,21,23). The SMILES string of the molecule is CC(C)(C)c1ccc(O)c(NC(=O)Cc2csc(-c3cccs3)n2)c1. The van der Waals surface area contributed by atoms with Gasteiger partial charge in [-0.15, -0.1) is 22.7 Å². The molecule has 0 bridgehead atoms. The second-order valence-corrected chi connectivity index (χ2v) is 8.63. The van der Waals surface area contributed by atoms with Crippen LogP contribution in [-0.4, -0.2) is 16.0 Å². The van der Waals surface area contributed by atoms with Gasteiger partial charge >= 0.3 is 0 Å². The number of phenols is 1. The van der Waals surface area contributed by atoms with Crippen molar-refractivity contribution in [3.8, 4) is 15.6 Å². The minimum absolute atomic E-state index is 0.0578. The topological polar surface area (TPSA) is 62.2 Å². The van der Waals surface area contributed by atoms with Gasteiger partial charge in [0, 0.05) is 5.38 Å². The molecule has 0 saturated carbocycles. The highest BCUT2D eigenvalue weighted by Gasteiger charge is 2.17. The number of amides is 1. The number of hydrogen-bond donors (Lipinski definition) is 2. The summed E-state index contributed by atoms with van der Waals surface area (Å²) in [4.78, 5) is 18.0. The van der Waals surface area contributed by atoms with Crippen molar-refractivity contribution >= 4 is 34.3 Å². The number of carbonyl (C=O) groups excluding carboxylic acids is 1. The third-order valence-electron chi connectivity index (χ3n) is 3.76. The maximum atomic E-state index is 12.3. The summed E-state index contributed by atoms with van der Waals surface area (Å²) in [7, 11) is 0. The van der Waals surface area contributed by atoms with Crippen LogP contribution in [0.3, 0.4) is 0 Å². The number of nitrogens with zero attached hydrogens (tertiary/aromatic N) is 1. The second kappa shape index (κ2) is 6.98. The molecule has 0 aliphatic rings. The molecule has 6 heteroatoms. The molecule has 0 radical (unpaired) electrons. The van der Waals surface area contributed by atoms with Crippen LogP contribution < -0.4 is 5.32 Å². The van der Waals surface area contributed by atoms with E-state index in [4.69, 9.17) is 0 Å². The van der Waals surface area contributed by atoms with E-state index >= 15 is 0 Å². The molecule has 1 aromatic carbocycles. The van der Waals surface area contributed by atoms with Crippen LogP contribution in [0.4, 0.5) is 5.69 Å². The molecule has 0 fully saturated rings. The third-order valence-corrected chi connectivity index (χ3v) is 5.69. The lowest BCUT2D eigenvalue weighted by Gasteiger charge is -2.20. The fourth-order valence-corrected chi connectivity index (χ4v) is 4.00. The number of anilines is 1. The van der Waals surface area contributed by atoms with Gasteiger partial charge in [-0.2, -0.15) is 0 Å². The summed E-state index contributed by atoms with van der Waals surface area (Å²) in [6.45, 7) is 6.27. The Kier molecular flexibility index (Phi) is 4.92. The number of hydrogen-bond acceptors (Lipinski definition) is 5. The van der Waals surface area contributed by atoms with Crippen LogP contribution in [0.2, 0.25) is 0 Å². The van der Waals surface area contributed by atoms with Crippen molar-refractivity contribution in [2.24, 2.45) is 0 Å². The number of phenolic OH excluding ortho intramolecular Hbond substituents is 1. The lowest BCUT2D eigenvalue weighted by atomic mass is 9.87. The summed E-state index contributed by atoms with van der Waals surface area (Å²) in [6, 6.07) is 9.32. The molecular weight excluding hydrogens is 352 g/mol. The zero-order valence-corrected chi connectivity index (χ0v) is 16.0. The van der Waals surface area contributed by atoms with Crippen LogP contribution in [0, 0.1) is 0 Å². The van der Waals surface area contributed by atoms with E-state index < -0.39 is 0 Å². The number of aromatic nitrogens is 1. The van der Waals surface area contributed by atoms with E-state index in [1.807, 2.05) is 35.0 Å². The quantitative estimate of drug-likeness (QED) is 0.630. The van der Waals surface area contributed by atoms with E-state index in [1.165, 1.54) is 11.3 Å². The zero-order valence-electron chi connectivity index (χ0n) is 14.4. The van der Waals surface area contributed by atoms with Crippen molar-refractivity contribution in [2.75, 3.05) is 5.32 Å². The number of aromatic hydroxyl groups is 1. The zero-order chi connectivity index (χ0) is 18.0. The van der Waals surface area contributed by atoms with Crippen LogP contribution in [0.1, 0.15) is 32.0 Å². The number of benzene rings is 1. The van der Waals surface area contributed by atoms with Gasteiger partial charge in [0.1, 0.15) is 10.8 Å². The smallest absolute Gasteiger partial charge is 0.230 e. The predicted octanol–water partition coefficient (Wildman–Crippen LogP) is 5.06. The molecule has 0 saturated heterocycles. The van der Waals surface area contributed by atoms with Gasteiger partial charge in [-0.25, -0.2) is 4.98 Å². The Morgan fingerprint density at radius 2 is 2.04 bits per heavy atom. The molecule has 2 heterocycles. The normalized spacial score (nSPS) is 11.5. The van der Waals surface area contributed by atoms with Crippen LogP contribution in [0.25, 0.3) is 9.88 Å². The highest BCUT2D eigenvalue weighted by atomic mass is 32.1. The Bertz CT molecular complexity index is 877. The fourth-order valence-electron chi connectivity index (χ4n) is 2.36. The molecular formula is C19H20N2O2S2. The molecule has 25 heavy (non-hydrogen) atoms. The van der Waals surface area contributed by atoms with Gasteiger partial charge in [-0.1, -0.05) is 32.9 Å². The number of thiophene rings is 1. The maximum absolute atomic E-state index is 12.3. The molecule has 0 spiro atoms. The summed E-state index contributed by atoms with van der Waals surface area (Å²) in [5.74, 6) is -0.122. The van der Waals surface area contributed by atoms with Crippen molar-refractivity contribution < 1.29 is 9.90 Å². The summed E-state index contributed by atoms with van der Waals surface area (Å²) in [5.41, 5.74) is 2.16. The lowest BCUT2D eigenvalue weighted by Crippen LogP contribution is -2.16. The van der Waals surface area contributed by atoms with Gasteiger partial charge in [0.15, 0.2) is 0 Å². The molecule has 3 aromatic rings. The predicted molar refractivity (Wildman–Crippen MR) is 105 cm³/mol. The van der Waals surface area contributed by atoms with Crippen LogP contribution >= 0.6 is 22.7 Å². The first-order chi connectivity index (χ1) is 11.8. The van der Waals surface area contributed by atoms with Gasteiger partial charge in [0.05, 0.1) is 22.7 Å². The largest absolute Gasteiger partial charge is 0.506 e. The van der Waals surface area contributed by atoms with E-state index in [0.29, 0.717) is 5.69 Å². The molecule has 0 aliphatic heterocycles. The number of rotatable bonds is 4. The van der Waals surface area contributed by atoms with Crippen molar-refractivity contribution in [3.05, 3.63) is 52.3 Å². The van der Waals surface area contributed by atoms with Crippen molar-refractivity contribution in [3.63, 3.8) is 0 Å². The number of carbonyl (C=O) groups is 1. The Labute approximate surface area is 155 Å². The Morgan fingerprint density at radius 1 is 1.24 bits per heavy atom. The maximum Gasteiger partial charge on any atom is 0.230 e. The van der Waals surface area contributed by atoms with E-state index in [1.54, 1.807) is 17.4 Å². The van der Waals surface area contributed by atoms with E-state index in [-0.39, 0.29) is 23.5 Å². The molecule has 2 N–H and O–H groups in total. The number of thiazole rings is 1. The molecule has 0 unspecified atom stereocenters. The minimum Gasteiger partial charge on any atom is -0.506 e. The average Bonchev–Trinajstić information content (AvgIpc) is 3.19. The van der Waals surface area contributed by atoms with Crippen LogP contribution in [0.15, 0.2) is 41.1 Å². The summed E-state index contributed by atoms with van der Waals surface area (Å²) in [5, 5.41) is 17.6. The fraction of sp³-hybridized carbons (Fsp3) is 0.263. The van der Waals surface area contributed by atoms with E-state index in [0.717, 1.165) is 21.1 Å². The van der Waals surface area contributed by atoms with E-state index in [9.17, 15) is 9.90 Å². The van der Waals surface area contributed by atoms with Gasteiger partial charge in [-0.3, -0.25) is 4.79 Å². The van der Waals surface area contributed by atoms with E-state index in [2.05, 4.69) is 31.1 Å². The minimum atomic E-state index is -0.190. The lowest BCUT2D eigenvalue weighted by molar-refractivity contribution is -0.115. The first-order valence-corrected chi connectivity index (χ1v) is 9.70. The Hall–Kier alpha value is -2.18. The van der Waals surface area contributed by atoms with Gasteiger partial charge in [0.25, 0.3) is 0 Å². The Balaban J connectivity index is 1.71. The average molecular weight is 373 g/mol. The summed E-state index contributed by atoms with van der Waals surface area (Å²) < 4.78 is 0. The first kappa shape index (κ1) is 17.6. The van der Waals surface area contributed by atoms with Crippen LogP contribution in [0.5, 0.6) is 5.75 Å². The van der Waals surface area contributed by atoms with Crippen molar-refractivity contribution in [1.29, 1.82) is 0 Å². The van der Waals surface area contributed by atoms with Gasteiger partial charge in [-0.05, 0) is 34.6 Å². The summed E-state index contributed by atoms with van der Waals surface area (Å²) >= 11 is 3.17. The summed E-state index contributed by atoms with van der Waals surface area (Å²) in [6.07, 6.45) is 0.182. The molecule has 4 nitrogen and oxygen atoms in total. The molecule has 1 amide bonds. The highest BCUT2D eigenvalue weighted by molar-refractivity contribution is 7.20. The van der Waals surface area contributed by atoms with Gasteiger partial charge < -0.3 is 10.4 Å². The third kappa shape index (κ3) is 4.27. The molecule has 2 aromatic heterocycles. The first-order valence-electron chi connectivity index (χ1n) is 7.94. The molecule has 0 aliphatic carbocycles. The Morgan fingerprint density at radius 3 is 2.72 bits per heavy atom. The van der Waals surface area contributed by atoms with Crippen LogP contribution in [-0.2, 0) is 16.6 Å². The van der Waals surface area contributed by atoms with Gasteiger partial charge in [0.2, 0.25) is 5.91 Å². The molecule has 3 rings (SSSR count). The highest BCUT2D eigenvalue weighted by Crippen LogP contribution is 2.31. The van der Waals surface area contributed by atoms with Crippen molar-refractivity contribution in [2.45, 2.75) is 32.6 Å².